The van der Waals surface area contributed by atoms with Crippen molar-refractivity contribution in [3.05, 3.63) is 0 Å². The minimum Gasteiger partial charge on any atom is -0.481 e. The lowest BCUT2D eigenvalue weighted by molar-refractivity contribution is -0.148. The Balaban J connectivity index is 2.06. The normalized spacial score (nSPS) is 24.8. The second kappa shape index (κ2) is 5.62. The number of rotatable bonds is 4. The molecule has 1 amide bonds. The monoisotopic (exact) mass is 305 g/mol. The lowest BCUT2D eigenvalue weighted by Gasteiger charge is -2.22. The van der Waals surface area contributed by atoms with E-state index in [1.165, 1.54) is 4.90 Å². The highest BCUT2D eigenvalue weighted by Gasteiger charge is 2.51. The molecule has 2 heterocycles. The molecule has 0 radical (unpaired) electrons. The van der Waals surface area contributed by atoms with Gasteiger partial charge in [-0.3, -0.25) is 9.59 Å². The largest absolute Gasteiger partial charge is 0.481 e. The molecule has 2 aliphatic heterocycles. The zero-order valence-electron chi connectivity index (χ0n) is 10.2. The van der Waals surface area contributed by atoms with Gasteiger partial charge in [-0.25, -0.2) is 4.79 Å². The number of hydrogen-bond donors (Lipinski definition) is 2. The zero-order chi connectivity index (χ0) is 14.0. The summed E-state index contributed by atoms with van der Waals surface area (Å²) >= 11 is 3.42. The van der Waals surface area contributed by atoms with Crippen LogP contribution in [0.4, 0.5) is 0 Å². The second-order valence-electron chi connectivity index (χ2n) is 4.58. The molecule has 2 fully saturated rings. The van der Waals surface area contributed by atoms with Crippen molar-refractivity contribution in [3.63, 3.8) is 0 Å². The first-order valence-electron chi connectivity index (χ1n) is 5.95. The van der Waals surface area contributed by atoms with Crippen molar-refractivity contribution in [1.29, 1.82) is 0 Å². The summed E-state index contributed by atoms with van der Waals surface area (Å²) in [5, 5.41) is 17.8. The van der Waals surface area contributed by atoms with Crippen molar-refractivity contribution in [2.24, 2.45) is 0 Å². The van der Waals surface area contributed by atoms with Gasteiger partial charge < -0.3 is 15.1 Å². The molecule has 106 valence electrons. The number of hydrogen-bond acceptors (Lipinski definition) is 5. The Hall–Kier alpha value is -0.890. The number of amides is 1. The van der Waals surface area contributed by atoms with Gasteiger partial charge in [0.05, 0.1) is 10.5 Å². The van der Waals surface area contributed by atoms with E-state index in [0.29, 0.717) is 13.0 Å². The molecule has 2 saturated heterocycles. The number of carbonyl (C=O) groups is 3. The number of carbonyl (C=O) groups excluding carboxylic acids is 1. The van der Waals surface area contributed by atoms with Crippen molar-refractivity contribution >= 4 is 41.4 Å². The highest BCUT2D eigenvalue weighted by atomic mass is 32.2. The molecule has 0 bridgehead atoms. The molecule has 6 nitrogen and oxygen atoms in total. The van der Waals surface area contributed by atoms with Gasteiger partial charge in [0.15, 0.2) is 0 Å². The van der Waals surface area contributed by atoms with E-state index in [0.717, 1.165) is 11.5 Å². The average Bonchev–Trinajstić information content (AvgIpc) is 2.94. The maximum Gasteiger partial charge on any atom is 0.326 e. The third kappa shape index (κ3) is 3.17. The van der Waals surface area contributed by atoms with Crippen LogP contribution in [-0.2, 0) is 14.4 Å². The predicted molar refractivity (Wildman–Crippen MR) is 72.3 cm³/mol. The summed E-state index contributed by atoms with van der Waals surface area (Å²) in [5.41, 5.74) is 0. The van der Waals surface area contributed by atoms with Crippen molar-refractivity contribution in [3.8, 4) is 0 Å². The van der Waals surface area contributed by atoms with E-state index in [4.69, 9.17) is 5.11 Å². The van der Waals surface area contributed by atoms with Crippen LogP contribution < -0.4 is 0 Å². The highest BCUT2D eigenvalue weighted by molar-refractivity contribution is 8.21. The quantitative estimate of drug-likeness (QED) is 0.790. The third-order valence-corrected chi connectivity index (χ3v) is 6.69. The van der Waals surface area contributed by atoms with Crippen LogP contribution in [0.25, 0.3) is 0 Å². The molecule has 0 aliphatic carbocycles. The number of aliphatic carboxylic acids is 2. The third-order valence-electron chi connectivity index (χ3n) is 3.26. The molecule has 0 aromatic rings. The van der Waals surface area contributed by atoms with Crippen molar-refractivity contribution < 1.29 is 24.6 Å². The Morgan fingerprint density at radius 3 is 2.32 bits per heavy atom. The number of thioether (sulfide) groups is 2. The van der Waals surface area contributed by atoms with E-state index in [-0.39, 0.29) is 22.8 Å². The van der Waals surface area contributed by atoms with Crippen LogP contribution in [0.3, 0.4) is 0 Å². The second-order valence-corrected chi connectivity index (χ2v) is 7.80. The van der Waals surface area contributed by atoms with E-state index in [1.807, 2.05) is 0 Å². The Morgan fingerprint density at radius 1 is 1.16 bits per heavy atom. The minimum atomic E-state index is -1.04. The SMILES string of the molecule is O=C(O)CCC(=O)N1CC2(C[C@H]1C(=O)O)SCCS2. The number of carboxylic acids is 2. The van der Waals surface area contributed by atoms with Crippen LogP contribution in [0.5, 0.6) is 0 Å². The fraction of sp³-hybridized carbons (Fsp3) is 0.727. The van der Waals surface area contributed by atoms with Crippen molar-refractivity contribution in [2.45, 2.75) is 29.4 Å². The summed E-state index contributed by atoms with van der Waals surface area (Å²) in [6.45, 7) is 0.401. The molecule has 0 unspecified atom stereocenters. The zero-order valence-corrected chi connectivity index (χ0v) is 11.8. The molecule has 19 heavy (non-hydrogen) atoms. The Kier molecular flexibility index (Phi) is 4.29. The molecular formula is C11H15NO5S2. The van der Waals surface area contributed by atoms with E-state index in [9.17, 15) is 19.5 Å². The smallest absolute Gasteiger partial charge is 0.326 e. The summed E-state index contributed by atoms with van der Waals surface area (Å²) < 4.78 is -0.206. The molecule has 2 N–H and O–H groups in total. The average molecular weight is 305 g/mol. The van der Waals surface area contributed by atoms with Crippen LogP contribution in [0.2, 0.25) is 0 Å². The summed E-state index contributed by atoms with van der Waals surface area (Å²) in [5.74, 6) is -0.491. The van der Waals surface area contributed by atoms with Crippen LogP contribution in [0.1, 0.15) is 19.3 Å². The van der Waals surface area contributed by atoms with Gasteiger partial charge in [0.1, 0.15) is 6.04 Å². The summed E-state index contributed by atoms with van der Waals surface area (Å²) in [6.07, 6.45) is 0.0516. The fourth-order valence-electron chi connectivity index (χ4n) is 2.39. The molecular weight excluding hydrogens is 290 g/mol. The van der Waals surface area contributed by atoms with E-state index >= 15 is 0 Å². The van der Waals surface area contributed by atoms with Gasteiger partial charge in [0, 0.05) is 30.9 Å². The van der Waals surface area contributed by atoms with Crippen molar-refractivity contribution in [1.82, 2.24) is 4.90 Å². The van der Waals surface area contributed by atoms with Gasteiger partial charge in [0.25, 0.3) is 0 Å². The maximum atomic E-state index is 12.0. The lowest BCUT2D eigenvalue weighted by atomic mass is 10.2. The first-order valence-corrected chi connectivity index (χ1v) is 7.93. The molecule has 0 aromatic heterocycles. The van der Waals surface area contributed by atoms with Gasteiger partial charge in [-0.1, -0.05) is 0 Å². The van der Waals surface area contributed by atoms with Crippen molar-refractivity contribution in [2.75, 3.05) is 18.1 Å². The van der Waals surface area contributed by atoms with Crippen LogP contribution >= 0.6 is 23.5 Å². The number of likely N-dealkylation sites (tertiary alicyclic amines) is 1. The first-order chi connectivity index (χ1) is 8.93. The predicted octanol–water partition coefficient (Wildman–Crippen LogP) is 0.713. The van der Waals surface area contributed by atoms with E-state index < -0.39 is 18.0 Å². The van der Waals surface area contributed by atoms with Crippen LogP contribution in [-0.4, -0.2) is 61.1 Å². The maximum absolute atomic E-state index is 12.0. The number of nitrogens with zero attached hydrogens (tertiary/aromatic N) is 1. The van der Waals surface area contributed by atoms with Gasteiger partial charge in [-0.2, -0.15) is 0 Å². The molecule has 1 atom stereocenters. The lowest BCUT2D eigenvalue weighted by Crippen LogP contribution is -2.40. The fourth-order valence-corrected chi connectivity index (χ4v) is 5.64. The van der Waals surface area contributed by atoms with Gasteiger partial charge >= 0.3 is 11.9 Å². The van der Waals surface area contributed by atoms with Gasteiger partial charge in [-0.05, 0) is 0 Å². The topological polar surface area (TPSA) is 94.9 Å². The van der Waals surface area contributed by atoms with E-state index in [1.54, 1.807) is 23.5 Å². The first kappa shape index (κ1) is 14.5. The molecule has 1 spiro atoms. The minimum absolute atomic E-state index is 0.134. The van der Waals surface area contributed by atoms with E-state index in [2.05, 4.69) is 0 Å². The molecule has 2 aliphatic rings. The molecule has 0 aromatic carbocycles. The van der Waals surface area contributed by atoms with Gasteiger partial charge in [-0.15, -0.1) is 23.5 Å². The summed E-state index contributed by atoms with van der Waals surface area (Å²) in [4.78, 5) is 35.1. The summed E-state index contributed by atoms with van der Waals surface area (Å²) in [7, 11) is 0. The molecule has 8 heteroatoms. The number of carboxylic acid groups (broad SMARTS) is 2. The Morgan fingerprint density at radius 2 is 1.79 bits per heavy atom. The van der Waals surface area contributed by atoms with Gasteiger partial charge in [0.2, 0.25) is 5.91 Å². The summed E-state index contributed by atoms with van der Waals surface area (Å²) in [6, 6.07) is -0.820. The Bertz CT molecular complexity index is 408. The molecule has 0 saturated carbocycles. The standard InChI is InChI=1S/C11H15NO5S2/c13-8(1-2-9(14)15)12-6-11(18-3-4-19-11)5-7(12)10(16)17/h7H,1-6H2,(H,14,15)(H,16,17)/t7-/m0/s1. The van der Waals surface area contributed by atoms with Crippen LogP contribution in [0.15, 0.2) is 0 Å². The van der Waals surface area contributed by atoms with Crippen LogP contribution in [0, 0.1) is 0 Å². The molecule has 2 rings (SSSR count). The Labute approximate surface area is 118 Å². The highest BCUT2D eigenvalue weighted by Crippen LogP contribution is 2.51.